The van der Waals surface area contributed by atoms with Crippen LogP contribution in [0, 0.1) is 0 Å². The Labute approximate surface area is 238 Å². The molecular weight excluding hydrogens is 521 g/mol. The molecule has 2 N–H and O–H groups in total. The highest BCUT2D eigenvalue weighted by Gasteiger charge is 2.32. The van der Waals surface area contributed by atoms with E-state index in [2.05, 4.69) is 80.7 Å². The first-order valence-electron chi connectivity index (χ1n) is 12.8. The second kappa shape index (κ2) is 11.4. The van der Waals surface area contributed by atoms with Crippen LogP contribution in [-0.4, -0.2) is 29.7 Å². The summed E-state index contributed by atoms with van der Waals surface area (Å²) in [5.74, 6) is 1.56. The first-order chi connectivity index (χ1) is 19.2. The van der Waals surface area contributed by atoms with Gasteiger partial charge in [-0.2, -0.15) is 0 Å². The minimum atomic E-state index is -0.465. The van der Waals surface area contributed by atoms with E-state index in [-0.39, 0.29) is 0 Å². The molecule has 5 nitrogen and oxygen atoms in total. The Hall–Kier alpha value is -4.04. The monoisotopic (exact) mass is 546 g/mol. The van der Waals surface area contributed by atoms with E-state index in [1.165, 1.54) is 0 Å². The third-order valence-electron chi connectivity index (χ3n) is 6.90. The molecule has 2 unspecified atom stereocenters. The average molecular weight is 547 g/mol. The maximum Gasteiger partial charge on any atom is 0.137 e. The lowest BCUT2D eigenvalue weighted by atomic mass is 9.88. The maximum atomic E-state index is 7.26. The first kappa shape index (κ1) is 25.2. The van der Waals surface area contributed by atoms with Gasteiger partial charge in [0.25, 0.3) is 0 Å². The van der Waals surface area contributed by atoms with Crippen LogP contribution in [0.15, 0.2) is 121 Å². The van der Waals surface area contributed by atoms with Crippen molar-refractivity contribution >= 4 is 34.2 Å². The highest BCUT2D eigenvalue weighted by Crippen LogP contribution is 2.43. The molecular formula is C32H26N4OS2. The Morgan fingerprint density at radius 1 is 0.667 bits per heavy atom. The van der Waals surface area contributed by atoms with Crippen molar-refractivity contribution in [1.29, 1.82) is 0 Å². The molecule has 192 valence electrons. The van der Waals surface area contributed by atoms with E-state index < -0.39 is 12.2 Å². The number of hydrogen-bond donors (Lipinski definition) is 2. The van der Waals surface area contributed by atoms with E-state index in [4.69, 9.17) is 29.2 Å². The second-order valence-corrected chi connectivity index (χ2v) is 10.3. The molecule has 0 amide bonds. The lowest BCUT2D eigenvalue weighted by molar-refractivity contribution is 0.0332. The van der Waals surface area contributed by atoms with Gasteiger partial charge in [-0.25, -0.2) is 9.97 Å². The van der Waals surface area contributed by atoms with Gasteiger partial charge >= 0.3 is 0 Å². The number of hydrogen-bond acceptors (Lipinski definition) is 5. The number of rotatable bonds is 8. The van der Waals surface area contributed by atoms with Crippen molar-refractivity contribution in [3.05, 3.63) is 132 Å². The van der Waals surface area contributed by atoms with Crippen molar-refractivity contribution in [2.75, 3.05) is 0 Å². The number of nitrogens with zero attached hydrogens (tertiary/aromatic N) is 2. The third-order valence-corrected chi connectivity index (χ3v) is 7.71. The predicted molar refractivity (Wildman–Crippen MR) is 163 cm³/mol. The van der Waals surface area contributed by atoms with Gasteiger partial charge < -0.3 is 14.7 Å². The van der Waals surface area contributed by atoms with Crippen molar-refractivity contribution in [2.45, 2.75) is 25.0 Å². The van der Waals surface area contributed by atoms with Crippen LogP contribution in [0.2, 0.25) is 0 Å². The quantitative estimate of drug-likeness (QED) is 0.221. The number of nitrogens with one attached hydrogen (secondary N) is 2. The molecule has 0 spiro atoms. The van der Waals surface area contributed by atoms with E-state index in [0.29, 0.717) is 12.8 Å². The summed E-state index contributed by atoms with van der Waals surface area (Å²) < 4.78 is 7.26. The zero-order valence-corrected chi connectivity index (χ0v) is 22.7. The van der Waals surface area contributed by atoms with Crippen LogP contribution in [-0.2, 0) is 4.74 Å². The molecule has 0 fully saturated rings. The Morgan fingerprint density at radius 2 is 1.13 bits per heavy atom. The normalized spacial score (nSPS) is 16.6. The summed E-state index contributed by atoms with van der Waals surface area (Å²) in [6.07, 6.45) is 20.0. The largest absolute Gasteiger partial charge is 0.356 e. The molecule has 2 atom stereocenters. The van der Waals surface area contributed by atoms with Gasteiger partial charge in [-0.15, -0.1) is 0 Å². The standard InChI is InChI=1S/C32H26N4OS2/c38-27-15-7-5-13-25(27)29(21-9-1-3-11-23(21)31-33-17-18-34-31)37-30(26-14-6-8-16-28(26)39)22-10-2-4-12-24(22)32-35-19-20-36-32/h1-14,17-20,29-30H,15-16H2,(H,33,34)(H,35,36). The first-order valence-corrected chi connectivity index (χ1v) is 13.6. The summed E-state index contributed by atoms with van der Waals surface area (Å²) in [7, 11) is 0. The van der Waals surface area contributed by atoms with Crippen molar-refractivity contribution in [3.8, 4) is 22.8 Å². The number of aromatic amines is 2. The van der Waals surface area contributed by atoms with Crippen LogP contribution >= 0.6 is 24.4 Å². The Bertz CT molecular complexity index is 1510. The Morgan fingerprint density at radius 3 is 1.54 bits per heavy atom. The predicted octanol–water partition coefficient (Wildman–Crippen LogP) is 7.78. The molecule has 2 aliphatic rings. The number of aromatic nitrogens is 4. The van der Waals surface area contributed by atoms with Crippen molar-refractivity contribution in [2.24, 2.45) is 0 Å². The fourth-order valence-electron chi connectivity index (χ4n) is 5.05. The molecule has 0 radical (unpaired) electrons. The summed E-state index contributed by atoms with van der Waals surface area (Å²) in [4.78, 5) is 17.3. The van der Waals surface area contributed by atoms with Crippen LogP contribution in [0.25, 0.3) is 22.8 Å². The number of allylic oxidation sites excluding steroid dienone is 6. The minimum Gasteiger partial charge on any atom is -0.356 e. The van der Waals surface area contributed by atoms with Crippen molar-refractivity contribution in [3.63, 3.8) is 0 Å². The van der Waals surface area contributed by atoms with Crippen LogP contribution in [0.5, 0.6) is 0 Å². The lowest BCUT2D eigenvalue weighted by Crippen LogP contribution is -2.22. The highest BCUT2D eigenvalue weighted by atomic mass is 32.1. The number of imidazole rings is 2. The minimum absolute atomic E-state index is 0.465. The van der Waals surface area contributed by atoms with Crippen LogP contribution < -0.4 is 0 Å². The number of benzene rings is 2. The lowest BCUT2D eigenvalue weighted by Gasteiger charge is -2.32. The number of thiocarbonyl (C=S) groups is 2. The summed E-state index contributed by atoms with van der Waals surface area (Å²) in [6, 6.07) is 16.4. The fraction of sp³-hybridized carbons (Fsp3) is 0.125. The van der Waals surface area contributed by atoms with E-state index in [9.17, 15) is 0 Å². The van der Waals surface area contributed by atoms with E-state index >= 15 is 0 Å². The molecule has 0 aliphatic heterocycles. The number of ether oxygens (including phenoxy) is 1. The molecule has 7 heteroatoms. The summed E-state index contributed by atoms with van der Waals surface area (Å²) in [6.45, 7) is 0. The highest BCUT2D eigenvalue weighted by molar-refractivity contribution is 7.81. The van der Waals surface area contributed by atoms with Gasteiger partial charge in [0, 0.05) is 58.5 Å². The van der Waals surface area contributed by atoms with Gasteiger partial charge in [0.1, 0.15) is 23.9 Å². The molecule has 2 heterocycles. The summed E-state index contributed by atoms with van der Waals surface area (Å²) >= 11 is 11.8. The molecule has 2 aromatic carbocycles. The van der Waals surface area contributed by atoms with Gasteiger partial charge in [-0.1, -0.05) is 109 Å². The van der Waals surface area contributed by atoms with Crippen molar-refractivity contribution < 1.29 is 4.74 Å². The van der Waals surface area contributed by atoms with E-state index in [0.717, 1.165) is 54.8 Å². The Kier molecular flexibility index (Phi) is 7.36. The second-order valence-electron chi connectivity index (χ2n) is 9.30. The van der Waals surface area contributed by atoms with E-state index in [1.807, 2.05) is 36.7 Å². The van der Waals surface area contributed by atoms with Gasteiger partial charge in [-0.3, -0.25) is 0 Å². The third kappa shape index (κ3) is 5.16. The Balaban J connectivity index is 1.54. The molecule has 4 aromatic rings. The molecule has 2 aliphatic carbocycles. The molecule has 0 saturated carbocycles. The van der Waals surface area contributed by atoms with Gasteiger partial charge in [0.15, 0.2) is 0 Å². The SMILES string of the molecule is S=C1CC=CC=C1C(OC(C1=CC=CCC1=S)c1ccccc1-c1ncc[nH]1)c1ccccc1-c1ncc[nH]1. The van der Waals surface area contributed by atoms with Gasteiger partial charge in [0.2, 0.25) is 0 Å². The van der Waals surface area contributed by atoms with Crippen molar-refractivity contribution in [1.82, 2.24) is 19.9 Å². The smallest absolute Gasteiger partial charge is 0.137 e. The maximum absolute atomic E-state index is 7.26. The zero-order chi connectivity index (χ0) is 26.6. The fourth-order valence-corrected chi connectivity index (χ4v) is 5.60. The molecule has 6 rings (SSSR count). The zero-order valence-electron chi connectivity index (χ0n) is 21.1. The topological polar surface area (TPSA) is 66.6 Å². The average Bonchev–Trinajstić information content (AvgIpc) is 3.71. The van der Waals surface area contributed by atoms with Gasteiger partial charge in [-0.05, 0) is 22.3 Å². The molecule has 2 aromatic heterocycles. The number of H-pyrrole nitrogens is 2. The van der Waals surface area contributed by atoms with Crippen LogP contribution in [0.4, 0.5) is 0 Å². The van der Waals surface area contributed by atoms with Crippen LogP contribution in [0.3, 0.4) is 0 Å². The molecule has 0 bridgehead atoms. The van der Waals surface area contributed by atoms with Gasteiger partial charge in [0.05, 0.1) is 0 Å². The molecule has 0 saturated heterocycles. The van der Waals surface area contributed by atoms with Crippen LogP contribution in [0.1, 0.15) is 36.2 Å². The summed E-state index contributed by atoms with van der Waals surface area (Å²) in [5.41, 5.74) is 5.81. The summed E-state index contributed by atoms with van der Waals surface area (Å²) in [5, 5.41) is 0. The van der Waals surface area contributed by atoms with E-state index in [1.54, 1.807) is 12.4 Å². The molecule has 39 heavy (non-hydrogen) atoms.